The van der Waals surface area contributed by atoms with Gasteiger partial charge in [0.2, 0.25) is 0 Å². The van der Waals surface area contributed by atoms with Crippen LogP contribution in [0.5, 0.6) is 0 Å². The van der Waals surface area contributed by atoms with Crippen LogP contribution in [0.4, 0.5) is 0 Å². The standard InChI is InChI=1S/C13H21N5O3/c1-13(2,14)7-18-8(6-21-5)15-10-9(18)11(19)17(4)12(20)16(10)3/h6-7,14H2,1-5H3. The van der Waals surface area contributed by atoms with Crippen LogP contribution in [-0.2, 0) is 32.0 Å². The molecule has 21 heavy (non-hydrogen) atoms. The first-order chi connectivity index (χ1) is 9.67. The van der Waals surface area contributed by atoms with E-state index in [4.69, 9.17) is 10.5 Å². The Morgan fingerprint density at radius 1 is 1.24 bits per heavy atom. The van der Waals surface area contributed by atoms with Crippen LogP contribution in [0.25, 0.3) is 11.2 Å². The fraction of sp³-hybridized carbons (Fsp3) is 0.615. The molecule has 0 amide bonds. The van der Waals surface area contributed by atoms with Gasteiger partial charge in [0.15, 0.2) is 11.2 Å². The summed E-state index contributed by atoms with van der Waals surface area (Å²) in [7, 11) is 4.59. The van der Waals surface area contributed by atoms with Crippen LogP contribution in [0.1, 0.15) is 19.7 Å². The molecule has 0 spiro atoms. The number of imidazole rings is 1. The Morgan fingerprint density at radius 2 is 1.86 bits per heavy atom. The minimum Gasteiger partial charge on any atom is -0.377 e. The Hall–Kier alpha value is -1.93. The average molecular weight is 295 g/mol. The summed E-state index contributed by atoms with van der Waals surface area (Å²) < 4.78 is 9.30. The molecule has 0 saturated carbocycles. The summed E-state index contributed by atoms with van der Waals surface area (Å²) in [5.74, 6) is 0.573. The third-order valence-corrected chi connectivity index (χ3v) is 3.27. The lowest BCUT2D eigenvalue weighted by atomic mass is 10.1. The maximum atomic E-state index is 12.4. The van der Waals surface area contributed by atoms with Gasteiger partial charge in [0.05, 0.1) is 0 Å². The quantitative estimate of drug-likeness (QED) is 0.806. The van der Waals surface area contributed by atoms with Crippen LogP contribution in [-0.4, -0.2) is 31.3 Å². The number of fused-ring (bicyclic) bond motifs is 1. The fourth-order valence-corrected chi connectivity index (χ4v) is 2.31. The van der Waals surface area contributed by atoms with E-state index in [0.717, 1.165) is 4.57 Å². The van der Waals surface area contributed by atoms with Gasteiger partial charge in [0, 0.05) is 33.3 Å². The van der Waals surface area contributed by atoms with Crippen LogP contribution >= 0.6 is 0 Å². The van der Waals surface area contributed by atoms with Crippen molar-refractivity contribution in [3.05, 3.63) is 26.7 Å². The van der Waals surface area contributed by atoms with Crippen molar-refractivity contribution < 1.29 is 4.74 Å². The largest absolute Gasteiger partial charge is 0.377 e. The topological polar surface area (TPSA) is 97.1 Å². The second-order valence-corrected chi connectivity index (χ2v) is 5.91. The molecule has 0 bridgehead atoms. The van der Waals surface area contributed by atoms with E-state index in [0.29, 0.717) is 23.5 Å². The number of hydrogen-bond acceptors (Lipinski definition) is 5. The highest BCUT2D eigenvalue weighted by molar-refractivity contribution is 5.71. The third kappa shape index (κ3) is 2.64. The Balaban J connectivity index is 2.89. The van der Waals surface area contributed by atoms with Gasteiger partial charge in [-0.15, -0.1) is 0 Å². The maximum Gasteiger partial charge on any atom is 0.332 e. The third-order valence-electron chi connectivity index (χ3n) is 3.27. The lowest BCUT2D eigenvalue weighted by molar-refractivity contribution is 0.173. The highest BCUT2D eigenvalue weighted by atomic mass is 16.5. The summed E-state index contributed by atoms with van der Waals surface area (Å²) in [4.78, 5) is 28.8. The zero-order chi connectivity index (χ0) is 15.9. The number of aromatic nitrogens is 4. The molecule has 0 atom stereocenters. The molecule has 2 N–H and O–H groups in total. The molecule has 0 saturated heterocycles. The predicted molar refractivity (Wildman–Crippen MR) is 79.2 cm³/mol. The zero-order valence-electron chi connectivity index (χ0n) is 13.0. The zero-order valence-corrected chi connectivity index (χ0v) is 13.0. The van der Waals surface area contributed by atoms with Crippen molar-refractivity contribution in [3.63, 3.8) is 0 Å². The van der Waals surface area contributed by atoms with E-state index in [1.54, 1.807) is 18.7 Å². The van der Waals surface area contributed by atoms with Gasteiger partial charge in [-0.3, -0.25) is 13.9 Å². The number of rotatable bonds is 4. The molecule has 0 fully saturated rings. The maximum absolute atomic E-state index is 12.4. The fourth-order valence-electron chi connectivity index (χ4n) is 2.31. The second-order valence-electron chi connectivity index (χ2n) is 5.91. The first-order valence-electron chi connectivity index (χ1n) is 6.60. The van der Waals surface area contributed by atoms with Crippen molar-refractivity contribution in [2.45, 2.75) is 32.5 Å². The van der Waals surface area contributed by atoms with Gasteiger partial charge >= 0.3 is 5.69 Å². The highest BCUT2D eigenvalue weighted by Gasteiger charge is 2.22. The van der Waals surface area contributed by atoms with E-state index in [1.807, 2.05) is 13.8 Å². The summed E-state index contributed by atoms with van der Waals surface area (Å²) in [6.07, 6.45) is 0. The summed E-state index contributed by atoms with van der Waals surface area (Å²) >= 11 is 0. The van der Waals surface area contributed by atoms with Crippen molar-refractivity contribution in [3.8, 4) is 0 Å². The van der Waals surface area contributed by atoms with Gasteiger partial charge in [0.1, 0.15) is 12.4 Å². The van der Waals surface area contributed by atoms with Crippen LogP contribution in [0.3, 0.4) is 0 Å². The van der Waals surface area contributed by atoms with E-state index in [9.17, 15) is 9.59 Å². The number of ether oxygens (including phenoxy) is 1. The number of methoxy groups -OCH3 is 1. The molecule has 2 aromatic rings. The molecule has 0 aliphatic rings. The van der Waals surface area contributed by atoms with Crippen molar-refractivity contribution in [1.82, 2.24) is 18.7 Å². The van der Waals surface area contributed by atoms with Crippen LogP contribution in [0, 0.1) is 0 Å². The first kappa shape index (κ1) is 15.5. The second kappa shape index (κ2) is 5.12. The van der Waals surface area contributed by atoms with E-state index >= 15 is 0 Å². The van der Waals surface area contributed by atoms with Gasteiger partial charge in [-0.2, -0.15) is 0 Å². The molecule has 2 aromatic heterocycles. The Kier molecular flexibility index (Phi) is 3.77. The number of aryl methyl sites for hydroxylation is 1. The summed E-state index contributed by atoms with van der Waals surface area (Å²) in [5, 5.41) is 0. The van der Waals surface area contributed by atoms with Crippen LogP contribution in [0.2, 0.25) is 0 Å². The first-order valence-corrected chi connectivity index (χ1v) is 6.60. The van der Waals surface area contributed by atoms with Crippen LogP contribution in [0.15, 0.2) is 9.59 Å². The molecular formula is C13H21N5O3. The normalized spacial score (nSPS) is 12.3. The Morgan fingerprint density at radius 3 is 2.38 bits per heavy atom. The van der Waals surface area contributed by atoms with Gasteiger partial charge in [-0.25, -0.2) is 9.78 Å². The molecule has 0 unspecified atom stereocenters. The minimum atomic E-state index is -0.532. The van der Waals surface area contributed by atoms with Gasteiger partial charge in [0.25, 0.3) is 5.56 Å². The Labute approximate surface area is 121 Å². The molecule has 0 aliphatic heterocycles. The molecule has 116 valence electrons. The van der Waals surface area contributed by atoms with E-state index in [-0.39, 0.29) is 12.2 Å². The molecule has 8 nitrogen and oxygen atoms in total. The van der Waals surface area contributed by atoms with E-state index < -0.39 is 11.2 Å². The lowest BCUT2D eigenvalue weighted by Crippen LogP contribution is -2.40. The average Bonchev–Trinajstić information content (AvgIpc) is 2.71. The summed E-state index contributed by atoms with van der Waals surface area (Å²) in [6, 6.07) is 0. The molecule has 0 aliphatic carbocycles. The van der Waals surface area contributed by atoms with Gasteiger partial charge in [-0.05, 0) is 13.8 Å². The number of nitrogens with two attached hydrogens (primary N) is 1. The van der Waals surface area contributed by atoms with Crippen molar-refractivity contribution in [2.24, 2.45) is 19.8 Å². The number of hydrogen-bond donors (Lipinski definition) is 1. The number of nitrogens with zero attached hydrogens (tertiary/aromatic N) is 4. The van der Waals surface area contributed by atoms with Crippen molar-refractivity contribution in [1.29, 1.82) is 0 Å². The predicted octanol–water partition coefficient (Wildman–Crippen LogP) is -0.683. The molecular weight excluding hydrogens is 274 g/mol. The lowest BCUT2D eigenvalue weighted by Gasteiger charge is -2.21. The van der Waals surface area contributed by atoms with E-state index in [2.05, 4.69) is 4.98 Å². The molecule has 0 aromatic carbocycles. The van der Waals surface area contributed by atoms with Crippen LogP contribution < -0.4 is 17.0 Å². The molecule has 8 heteroatoms. The monoisotopic (exact) mass is 295 g/mol. The smallest absolute Gasteiger partial charge is 0.332 e. The molecule has 0 radical (unpaired) electrons. The van der Waals surface area contributed by atoms with Gasteiger partial charge in [-0.1, -0.05) is 0 Å². The highest BCUT2D eigenvalue weighted by Crippen LogP contribution is 2.15. The molecule has 2 heterocycles. The van der Waals surface area contributed by atoms with Crippen molar-refractivity contribution in [2.75, 3.05) is 7.11 Å². The Bertz CT molecular complexity index is 791. The van der Waals surface area contributed by atoms with Gasteiger partial charge < -0.3 is 15.0 Å². The summed E-state index contributed by atoms with van der Waals surface area (Å²) in [5.41, 5.74) is 5.46. The summed E-state index contributed by atoms with van der Waals surface area (Å²) in [6.45, 7) is 4.36. The SMILES string of the molecule is COCc1nc2c(c(=O)n(C)c(=O)n2C)n1CC(C)(C)N. The van der Waals surface area contributed by atoms with E-state index in [1.165, 1.54) is 11.6 Å². The molecule has 2 rings (SSSR count). The van der Waals surface area contributed by atoms with Crippen molar-refractivity contribution >= 4 is 11.2 Å². The minimum absolute atomic E-state index is 0.238.